The van der Waals surface area contributed by atoms with Gasteiger partial charge in [-0.3, -0.25) is 0 Å². The molecule has 3 fully saturated rings. The van der Waals surface area contributed by atoms with Gasteiger partial charge in [-0.2, -0.15) is 5.26 Å². The third-order valence-corrected chi connectivity index (χ3v) is 6.37. The molecule has 3 heterocycles. The van der Waals surface area contributed by atoms with E-state index in [9.17, 15) is 4.79 Å². The lowest BCUT2D eigenvalue weighted by Gasteiger charge is -2.41. The molecule has 1 amide bonds. The van der Waals surface area contributed by atoms with Crippen LogP contribution in [0.25, 0.3) is 0 Å². The second-order valence-electron chi connectivity index (χ2n) is 9.87. The Hall–Kier alpha value is -2.40. The standard InChI is InChI=1S/C23H32N4O4/c1-23(2,3)31-22(28)27-16-4-5-17(27)11-20(10-16)29-18-6-8-19(9-7-18)30-21-15(12-24)13-25-14-26-21/h13-14,16-20H,4-11H2,1-3H3. The summed E-state index contributed by atoms with van der Waals surface area (Å²) in [6, 6.07) is 2.52. The number of carbonyl (C=O) groups is 1. The minimum absolute atomic E-state index is 0.0482. The average Bonchev–Trinajstić information content (AvgIpc) is 3.00. The van der Waals surface area contributed by atoms with Gasteiger partial charge in [-0.25, -0.2) is 14.8 Å². The van der Waals surface area contributed by atoms with Gasteiger partial charge in [0.2, 0.25) is 5.88 Å². The quantitative estimate of drug-likeness (QED) is 0.715. The molecule has 2 unspecified atom stereocenters. The van der Waals surface area contributed by atoms with E-state index >= 15 is 0 Å². The summed E-state index contributed by atoms with van der Waals surface area (Å²) in [5, 5.41) is 9.17. The molecule has 1 aromatic heterocycles. The smallest absolute Gasteiger partial charge is 0.410 e. The van der Waals surface area contributed by atoms with Crippen LogP contribution < -0.4 is 4.74 Å². The topological polar surface area (TPSA) is 97.6 Å². The zero-order valence-corrected chi connectivity index (χ0v) is 18.6. The molecule has 4 rings (SSSR count). The molecule has 1 aromatic rings. The molecule has 31 heavy (non-hydrogen) atoms. The van der Waals surface area contributed by atoms with Gasteiger partial charge in [-0.1, -0.05) is 0 Å². The summed E-state index contributed by atoms with van der Waals surface area (Å²) in [7, 11) is 0. The van der Waals surface area contributed by atoms with E-state index in [0.717, 1.165) is 51.4 Å². The van der Waals surface area contributed by atoms with Crippen LogP contribution >= 0.6 is 0 Å². The van der Waals surface area contributed by atoms with Crippen LogP contribution in [-0.4, -0.2) is 57.0 Å². The highest BCUT2D eigenvalue weighted by Gasteiger charge is 2.45. The molecule has 1 saturated carbocycles. The Morgan fingerprint density at radius 3 is 2.32 bits per heavy atom. The van der Waals surface area contributed by atoms with Crippen molar-refractivity contribution < 1.29 is 19.0 Å². The van der Waals surface area contributed by atoms with Crippen molar-refractivity contribution in [1.82, 2.24) is 14.9 Å². The Labute approximate surface area is 183 Å². The SMILES string of the molecule is CC(C)(C)OC(=O)N1C2CCC1CC(OC1CCC(Oc3ncncc3C#N)CC1)C2. The lowest BCUT2D eigenvalue weighted by atomic mass is 9.93. The van der Waals surface area contributed by atoms with Crippen LogP contribution in [0.5, 0.6) is 5.88 Å². The third-order valence-electron chi connectivity index (χ3n) is 6.37. The van der Waals surface area contributed by atoms with E-state index in [1.807, 2.05) is 25.7 Å². The van der Waals surface area contributed by atoms with Crippen molar-refractivity contribution in [3.63, 3.8) is 0 Å². The Morgan fingerprint density at radius 2 is 1.71 bits per heavy atom. The van der Waals surface area contributed by atoms with Crippen molar-refractivity contribution in [2.45, 2.75) is 108 Å². The molecule has 0 N–H and O–H groups in total. The highest BCUT2D eigenvalue weighted by atomic mass is 16.6. The zero-order chi connectivity index (χ0) is 22.0. The number of hydrogen-bond acceptors (Lipinski definition) is 7. The number of hydrogen-bond donors (Lipinski definition) is 0. The summed E-state index contributed by atoms with van der Waals surface area (Å²) >= 11 is 0. The molecule has 2 aliphatic heterocycles. The Morgan fingerprint density at radius 1 is 1.06 bits per heavy atom. The zero-order valence-electron chi connectivity index (χ0n) is 18.6. The maximum Gasteiger partial charge on any atom is 0.410 e. The van der Waals surface area contributed by atoms with Crippen molar-refractivity contribution in [3.05, 3.63) is 18.1 Å². The van der Waals surface area contributed by atoms with Crippen LogP contribution in [-0.2, 0) is 9.47 Å². The molecule has 8 nitrogen and oxygen atoms in total. The second-order valence-corrected chi connectivity index (χ2v) is 9.87. The number of carbonyl (C=O) groups excluding carboxylic acids is 1. The average molecular weight is 429 g/mol. The third kappa shape index (κ3) is 5.27. The lowest BCUT2D eigenvalue weighted by Crippen LogP contribution is -2.50. The monoisotopic (exact) mass is 428 g/mol. The number of nitrogens with zero attached hydrogens (tertiary/aromatic N) is 4. The molecule has 2 atom stereocenters. The van der Waals surface area contributed by atoms with Gasteiger partial charge in [-0.15, -0.1) is 0 Å². The molecule has 0 aromatic carbocycles. The first-order valence-corrected chi connectivity index (χ1v) is 11.4. The molecular formula is C23H32N4O4. The van der Waals surface area contributed by atoms with Gasteiger partial charge < -0.3 is 19.1 Å². The molecule has 2 saturated heterocycles. The van der Waals surface area contributed by atoms with Crippen LogP contribution in [0.2, 0.25) is 0 Å². The van der Waals surface area contributed by atoms with E-state index in [1.165, 1.54) is 12.5 Å². The molecule has 3 aliphatic rings. The van der Waals surface area contributed by atoms with E-state index in [2.05, 4.69) is 16.0 Å². The molecule has 0 spiro atoms. The first-order valence-electron chi connectivity index (χ1n) is 11.4. The second kappa shape index (κ2) is 8.99. The van der Waals surface area contributed by atoms with E-state index in [4.69, 9.17) is 19.5 Å². The summed E-state index contributed by atoms with van der Waals surface area (Å²) < 4.78 is 18.0. The number of piperidine rings is 1. The fourth-order valence-corrected chi connectivity index (χ4v) is 5.06. The fraction of sp³-hybridized carbons (Fsp3) is 0.739. The molecule has 8 heteroatoms. The fourth-order valence-electron chi connectivity index (χ4n) is 5.06. The molecule has 0 radical (unpaired) electrons. The lowest BCUT2D eigenvalue weighted by molar-refractivity contribution is -0.0814. The first-order chi connectivity index (χ1) is 14.8. The van der Waals surface area contributed by atoms with Crippen molar-refractivity contribution >= 4 is 6.09 Å². The predicted molar refractivity (Wildman–Crippen MR) is 112 cm³/mol. The summed E-state index contributed by atoms with van der Waals surface area (Å²) in [5.74, 6) is 0.368. The van der Waals surface area contributed by atoms with Gasteiger partial charge in [0.25, 0.3) is 0 Å². The summed E-state index contributed by atoms with van der Waals surface area (Å²) in [6.45, 7) is 5.73. The van der Waals surface area contributed by atoms with Gasteiger partial charge >= 0.3 is 6.09 Å². The summed E-state index contributed by atoms with van der Waals surface area (Å²) in [6.07, 6.45) is 10.6. The van der Waals surface area contributed by atoms with Crippen molar-refractivity contribution in [1.29, 1.82) is 5.26 Å². The molecule has 1 aliphatic carbocycles. The number of aromatic nitrogens is 2. The van der Waals surface area contributed by atoms with E-state index in [0.29, 0.717) is 11.4 Å². The van der Waals surface area contributed by atoms with Gasteiger partial charge in [-0.05, 0) is 72.1 Å². The number of ether oxygens (including phenoxy) is 3. The summed E-state index contributed by atoms with van der Waals surface area (Å²) in [4.78, 5) is 22.6. The number of amides is 1. The maximum absolute atomic E-state index is 12.6. The minimum atomic E-state index is -0.468. The van der Waals surface area contributed by atoms with Crippen molar-refractivity contribution in [2.24, 2.45) is 0 Å². The molecular weight excluding hydrogens is 396 g/mol. The van der Waals surface area contributed by atoms with Crippen molar-refractivity contribution in [3.8, 4) is 11.9 Å². The van der Waals surface area contributed by atoms with Gasteiger partial charge in [0.05, 0.1) is 18.4 Å². The van der Waals surface area contributed by atoms with E-state index in [1.54, 1.807) is 0 Å². The van der Waals surface area contributed by atoms with Gasteiger partial charge in [0.1, 0.15) is 29.7 Å². The molecule has 168 valence electrons. The van der Waals surface area contributed by atoms with Gasteiger partial charge in [0.15, 0.2) is 0 Å². The van der Waals surface area contributed by atoms with E-state index < -0.39 is 5.60 Å². The first kappa shape index (κ1) is 21.8. The molecule has 2 bridgehead atoms. The number of rotatable bonds is 4. The van der Waals surface area contributed by atoms with E-state index in [-0.39, 0.29) is 36.5 Å². The number of fused-ring (bicyclic) bond motifs is 2. The van der Waals surface area contributed by atoms with Crippen LogP contribution in [0.15, 0.2) is 12.5 Å². The highest BCUT2D eigenvalue weighted by molar-refractivity contribution is 5.69. The van der Waals surface area contributed by atoms with Crippen LogP contribution in [0.3, 0.4) is 0 Å². The minimum Gasteiger partial charge on any atom is -0.473 e. The van der Waals surface area contributed by atoms with Crippen LogP contribution in [0.1, 0.15) is 77.7 Å². The highest BCUT2D eigenvalue weighted by Crippen LogP contribution is 2.39. The Kier molecular flexibility index (Phi) is 6.33. The summed E-state index contributed by atoms with van der Waals surface area (Å²) in [5.41, 5.74) is -0.0993. The largest absolute Gasteiger partial charge is 0.473 e. The van der Waals surface area contributed by atoms with Crippen LogP contribution in [0.4, 0.5) is 4.79 Å². The number of nitriles is 1. The predicted octanol–water partition coefficient (Wildman–Crippen LogP) is 3.99. The van der Waals surface area contributed by atoms with Crippen molar-refractivity contribution in [2.75, 3.05) is 0 Å². The maximum atomic E-state index is 12.6. The van der Waals surface area contributed by atoms with Crippen LogP contribution in [0, 0.1) is 11.3 Å². The van der Waals surface area contributed by atoms with Gasteiger partial charge in [0, 0.05) is 12.1 Å². The Bertz CT molecular complexity index is 812. The Balaban J connectivity index is 1.25. The normalized spacial score (nSPS) is 30.5.